The van der Waals surface area contributed by atoms with E-state index in [9.17, 15) is 8.42 Å². The van der Waals surface area contributed by atoms with Gasteiger partial charge < -0.3 is 5.73 Å². The highest BCUT2D eigenvalue weighted by atomic mass is 35.5. The lowest BCUT2D eigenvalue weighted by atomic mass is 10.0. The molecular formula is C12H18Cl2N2O2S. The average molecular weight is 325 g/mol. The van der Waals surface area contributed by atoms with Crippen LogP contribution in [0.15, 0.2) is 17.0 Å². The summed E-state index contributed by atoms with van der Waals surface area (Å²) < 4.78 is 27.2. The van der Waals surface area contributed by atoms with Gasteiger partial charge in [0.1, 0.15) is 4.90 Å². The molecule has 2 atom stereocenters. The van der Waals surface area contributed by atoms with Crippen LogP contribution in [-0.4, -0.2) is 14.5 Å². The molecule has 108 valence electrons. The Labute approximate surface area is 124 Å². The summed E-state index contributed by atoms with van der Waals surface area (Å²) in [4.78, 5) is -0.117. The van der Waals surface area contributed by atoms with Crippen LogP contribution in [0.3, 0.4) is 0 Å². The maximum Gasteiger partial charge on any atom is 0.244 e. The third-order valence-electron chi connectivity index (χ3n) is 3.14. The predicted molar refractivity (Wildman–Crippen MR) is 80.1 cm³/mol. The SMILES string of the molecule is CCC(C)C(C)NS(=O)(=O)c1c(N)cc(Cl)cc1Cl. The maximum absolute atomic E-state index is 12.3. The minimum absolute atomic E-state index is 0.0221. The Balaban J connectivity index is 3.15. The van der Waals surface area contributed by atoms with Gasteiger partial charge in [0.2, 0.25) is 10.0 Å². The Morgan fingerprint density at radius 2 is 1.89 bits per heavy atom. The van der Waals surface area contributed by atoms with Crippen molar-refractivity contribution in [3.8, 4) is 0 Å². The van der Waals surface area contributed by atoms with Crippen LogP contribution in [0, 0.1) is 5.92 Å². The number of rotatable bonds is 5. The third kappa shape index (κ3) is 3.99. The number of nitrogens with one attached hydrogen (secondary N) is 1. The van der Waals surface area contributed by atoms with Gasteiger partial charge in [0.05, 0.1) is 10.7 Å². The van der Waals surface area contributed by atoms with Gasteiger partial charge in [-0.2, -0.15) is 0 Å². The largest absolute Gasteiger partial charge is 0.398 e. The first kappa shape index (κ1) is 16.6. The molecule has 0 spiro atoms. The summed E-state index contributed by atoms with van der Waals surface area (Å²) in [6, 6.07) is 2.53. The summed E-state index contributed by atoms with van der Waals surface area (Å²) in [5, 5.41) is 0.324. The van der Waals surface area contributed by atoms with E-state index in [0.717, 1.165) is 6.42 Å². The molecule has 1 aromatic rings. The van der Waals surface area contributed by atoms with E-state index in [4.69, 9.17) is 28.9 Å². The number of benzene rings is 1. The first-order valence-corrected chi connectivity index (χ1v) is 8.19. The first-order chi connectivity index (χ1) is 8.69. The molecule has 0 aliphatic heterocycles. The predicted octanol–water partition coefficient (Wildman–Crippen LogP) is 3.29. The van der Waals surface area contributed by atoms with Gasteiger partial charge in [-0.1, -0.05) is 43.5 Å². The van der Waals surface area contributed by atoms with E-state index in [0.29, 0.717) is 5.02 Å². The molecule has 0 heterocycles. The molecule has 0 bridgehead atoms. The van der Waals surface area contributed by atoms with Gasteiger partial charge >= 0.3 is 0 Å². The zero-order valence-electron chi connectivity index (χ0n) is 11.1. The quantitative estimate of drug-likeness (QED) is 0.816. The van der Waals surface area contributed by atoms with E-state index >= 15 is 0 Å². The Bertz CT molecular complexity index is 538. The number of nitrogens with two attached hydrogens (primary N) is 1. The summed E-state index contributed by atoms with van der Waals surface area (Å²) in [7, 11) is -3.76. The Kier molecular flexibility index (Phi) is 5.50. The molecule has 0 amide bonds. The van der Waals surface area contributed by atoms with Gasteiger partial charge in [0, 0.05) is 11.1 Å². The van der Waals surface area contributed by atoms with Crippen molar-refractivity contribution >= 4 is 38.9 Å². The lowest BCUT2D eigenvalue weighted by Gasteiger charge is -2.20. The molecule has 0 saturated carbocycles. The number of sulfonamides is 1. The molecule has 0 aliphatic rings. The molecule has 0 radical (unpaired) electrons. The van der Waals surface area contributed by atoms with Crippen molar-refractivity contribution in [2.75, 3.05) is 5.73 Å². The normalized spacial score (nSPS) is 15.2. The van der Waals surface area contributed by atoms with E-state index in [1.54, 1.807) is 0 Å². The highest BCUT2D eigenvalue weighted by Crippen LogP contribution is 2.31. The molecule has 7 heteroatoms. The molecule has 0 aromatic heterocycles. The van der Waals surface area contributed by atoms with E-state index < -0.39 is 10.0 Å². The second kappa shape index (κ2) is 6.31. The monoisotopic (exact) mass is 324 g/mol. The van der Waals surface area contributed by atoms with Crippen LogP contribution in [0.25, 0.3) is 0 Å². The van der Waals surface area contributed by atoms with E-state index in [-0.39, 0.29) is 27.6 Å². The molecule has 4 nitrogen and oxygen atoms in total. The number of halogens is 2. The maximum atomic E-state index is 12.3. The zero-order valence-corrected chi connectivity index (χ0v) is 13.4. The van der Waals surface area contributed by atoms with E-state index in [2.05, 4.69) is 4.72 Å². The van der Waals surface area contributed by atoms with Crippen molar-refractivity contribution in [3.63, 3.8) is 0 Å². The highest BCUT2D eigenvalue weighted by molar-refractivity contribution is 7.89. The Morgan fingerprint density at radius 1 is 1.32 bits per heavy atom. The first-order valence-electron chi connectivity index (χ1n) is 5.95. The van der Waals surface area contributed by atoms with Crippen molar-refractivity contribution < 1.29 is 8.42 Å². The summed E-state index contributed by atoms with van der Waals surface area (Å²) in [6.07, 6.45) is 0.869. The highest BCUT2D eigenvalue weighted by Gasteiger charge is 2.25. The lowest BCUT2D eigenvalue weighted by molar-refractivity contribution is 0.434. The van der Waals surface area contributed by atoms with Crippen LogP contribution in [-0.2, 0) is 10.0 Å². The van der Waals surface area contributed by atoms with Crippen LogP contribution in [0.4, 0.5) is 5.69 Å². The molecule has 3 N–H and O–H groups in total. The minimum Gasteiger partial charge on any atom is -0.398 e. The van der Waals surface area contributed by atoms with Gasteiger partial charge in [-0.25, -0.2) is 13.1 Å². The molecule has 0 fully saturated rings. The fraction of sp³-hybridized carbons (Fsp3) is 0.500. The summed E-state index contributed by atoms with van der Waals surface area (Å²) in [5.41, 5.74) is 5.75. The van der Waals surface area contributed by atoms with Crippen LogP contribution in [0.5, 0.6) is 0 Å². The molecule has 2 unspecified atom stereocenters. The van der Waals surface area contributed by atoms with Crippen molar-refractivity contribution in [2.45, 2.75) is 38.1 Å². The lowest BCUT2D eigenvalue weighted by Crippen LogP contribution is -2.37. The molecule has 1 rings (SSSR count). The fourth-order valence-corrected chi connectivity index (χ4v) is 3.98. The Hall–Kier alpha value is -0.490. The van der Waals surface area contributed by atoms with Gasteiger partial charge in [0.15, 0.2) is 0 Å². The number of nitrogen functional groups attached to an aromatic ring is 1. The van der Waals surface area contributed by atoms with Crippen molar-refractivity contribution in [1.29, 1.82) is 0 Å². The number of hydrogen-bond donors (Lipinski definition) is 2. The van der Waals surface area contributed by atoms with Crippen molar-refractivity contribution in [1.82, 2.24) is 4.72 Å². The third-order valence-corrected chi connectivity index (χ3v) is 5.45. The molecule has 0 saturated heterocycles. The second-order valence-corrected chi connectivity index (χ2v) is 7.10. The van der Waals surface area contributed by atoms with E-state index in [1.807, 2.05) is 20.8 Å². The number of anilines is 1. The standard InChI is InChI=1S/C12H18Cl2N2O2S/c1-4-7(2)8(3)16-19(17,18)12-10(14)5-9(13)6-11(12)15/h5-8,16H,4,15H2,1-3H3. The fourth-order valence-electron chi connectivity index (χ4n) is 1.64. The zero-order chi connectivity index (χ0) is 14.8. The Morgan fingerprint density at radius 3 is 2.37 bits per heavy atom. The van der Waals surface area contributed by atoms with Gasteiger partial charge in [-0.05, 0) is 25.0 Å². The molecular weight excluding hydrogens is 307 g/mol. The molecule has 19 heavy (non-hydrogen) atoms. The topological polar surface area (TPSA) is 72.2 Å². The summed E-state index contributed by atoms with van der Waals surface area (Å²) >= 11 is 11.7. The van der Waals surface area contributed by atoms with Crippen LogP contribution >= 0.6 is 23.2 Å². The van der Waals surface area contributed by atoms with Gasteiger partial charge in [-0.15, -0.1) is 0 Å². The van der Waals surface area contributed by atoms with Crippen molar-refractivity contribution in [2.24, 2.45) is 5.92 Å². The summed E-state index contributed by atoms with van der Waals surface area (Å²) in [5.74, 6) is 0.210. The van der Waals surface area contributed by atoms with Crippen LogP contribution in [0.1, 0.15) is 27.2 Å². The summed E-state index contributed by atoms with van der Waals surface area (Å²) in [6.45, 7) is 5.78. The molecule has 1 aromatic carbocycles. The van der Waals surface area contributed by atoms with Gasteiger partial charge in [-0.3, -0.25) is 0 Å². The average Bonchev–Trinajstić information content (AvgIpc) is 2.24. The minimum atomic E-state index is -3.76. The van der Waals surface area contributed by atoms with Crippen LogP contribution in [0.2, 0.25) is 10.0 Å². The van der Waals surface area contributed by atoms with E-state index in [1.165, 1.54) is 12.1 Å². The molecule has 0 aliphatic carbocycles. The van der Waals surface area contributed by atoms with Crippen molar-refractivity contribution in [3.05, 3.63) is 22.2 Å². The van der Waals surface area contributed by atoms with Gasteiger partial charge in [0.25, 0.3) is 0 Å². The van der Waals surface area contributed by atoms with Crippen LogP contribution < -0.4 is 10.5 Å². The number of hydrogen-bond acceptors (Lipinski definition) is 3. The second-order valence-electron chi connectivity index (χ2n) is 4.60. The smallest absolute Gasteiger partial charge is 0.244 e.